The Balaban J connectivity index is 2.05. The van der Waals surface area contributed by atoms with Crippen LogP contribution in [-0.4, -0.2) is 12.6 Å². The Labute approximate surface area is 104 Å². The van der Waals surface area contributed by atoms with Crippen molar-refractivity contribution >= 4 is 5.97 Å². The number of esters is 1. The predicted octanol–water partition coefficient (Wildman–Crippen LogP) is 3.86. The lowest BCUT2D eigenvalue weighted by molar-refractivity contribution is -0.150. The van der Waals surface area contributed by atoms with Gasteiger partial charge in [-0.05, 0) is 51.4 Å². The van der Waals surface area contributed by atoms with E-state index < -0.39 is 0 Å². The van der Waals surface area contributed by atoms with Gasteiger partial charge in [0.25, 0.3) is 0 Å². The van der Waals surface area contributed by atoms with Crippen molar-refractivity contribution in [3.05, 3.63) is 11.6 Å². The number of carbonyl (C=O) groups is 1. The molecule has 0 heterocycles. The molecule has 2 nitrogen and oxygen atoms in total. The highest BCUT2D eigenvalue weighted by Gasteiger charge is 2.34. The summed E-state index contributed by atoms with van der Waals surface area (Å²) in [5.74, 6) is 0.680. The molecule has 2 rings (SSSR count). The van der Waals surface area contributed by atoms with E-state index in [1.54, 1.807) is 5.57 Å². The predicted molar refractivity (Wildman–Crippen MR) is 68.6 cm³/mol. The van der Waals surface area contributed by atoms with Crippen molar-refractivity contribution in [2.45, 2.75) is 58.3 Å². The lowest BCUT2D eigenvalue weighted by atomic mass is 9.72. The van der Waals surface area contributed by atoms with Gasteiger partial charge in [0.1, 0.15) is 0 Å². The van der Waals surface area contributed by atoms with E-state index >= 15 is 0 Å². The van der Waals surface area contributed by atoms with Crippen LogP contribution in [0.4, 0.5) is 0 Å². The van der Waals surface area contributed by atoms with Gasteiger partial charge in [-0.15, -0.1) is 0 Å². The van der Waals surface area contributed by atoms with E-state index in [9.17, 15) is 4.79 Å². The molecule has 2 atom stereocenters. The van der Waals surface area contributed by atoms with Gasteiger partial charge in [-0.25, -0.2) is 0 Å². The molecule has 0 aromatic heterocycles. The second-order valence-corrected chi connectivity index (χ2v) is 5.27. The highest BCUT2D eigenvalue weighted by molar-refractivity contribution is 5.73. The fourth-order valence-corrected chi connectivity index (χ4v) is 3.31. The van der Waals surface area contributed by atoms with Crippen molar-refractivity contribution < 1.29 is 9.53 Å². The number of rotatable bonds is 3. The molecule has 0 aromatic rings. The number of carbonyl (C=O) groups excluding carboxylic acids is 1. The Morgan fingerprint density at radius 2 is 2.12 bits per heavy atom. The molecule has 0 aliphatic heterocycles. The topological polar surface area (TPSA) is 26.3 Å². The van der Waals surface area contributed by atoms with Crippen molar-refractivity contribution in [2.24, 2.45) is 11.8 Å². The molecular weight excluding hydrogens is 212 g/mol. The standard InChI is InChI=1S/C15H24O2/c1-2-17-15(16)14-11-7-6-10-13(14)12-8-4-3-5-9-12/h8,13-14H,2-7,9-11H2,1H3. The van der Waals surface area contributed by atoms with Crippen LogP contribution in [0.2, 0.25) is 0 Å². The van der Waals surface area contributed by atoms with Gasteiger partial charge in [-0.1, -0.05) is 24.5 Å². The molecule has 1 fully saturated rings. The zero-order valence-corrected chi connectivity index (χ0v) is 10.9. The summed E-state index contributed by atoms with van der Waals surface area (Å²) in [6, 6.07) is 0. The minimum absolute atomic E-state index is 0.0451. The molecule has 0 saturated heterocycles. The molecule has 2 aliphatic rings. The minimum atomic E-state index is 0.0451. The van der Waals surface area contributed by atoms with Crippen molar-refractivity contribution in [3.8, 4) is 0 Å². The van der Waals surface area contributed by atoms with Crippen LogP contribution in [0.3, 0.4) is 0 Å². The first-order chi connectivity index (χ1) is 8.33. The monoisotopic (exact) mass is 236 g/mol. The summed E-state index contributed by atoms with van der Waals surface area (Å²) in [5, 5.41) is 0. The van der Waals surface area contributed by atoms with Gasteiger partial charge in [0.2, 0.25) is 0 Å². The summed E-state index contributed by atoms with van der Waals surface area (Å²) < 4.78 is 5.24. The molecule has 17 heavy (non-hydrogen) atoms. The molecule has 0 bridgehead atoms. The summed E-state index contributed by atoms with van der Waals surface area (Å²) in [6.07, 6.45) is 12.1. The van der Waals surface area contributed by atoms with Crippen LogP contribution in [-0.2, 0) is 9.53 Å². The second kappa shape index (κ2) is 6.23. The van der Waals surface area contributed by atoms with E-state index in [-0.39, 0.29) is 11.9 Å². The summed E-state index contributed by atoms with van der Waals surface area (Å²) >= 11 is 0. The van der Waals surface area contributed by atoms with Crippen molar-refractivity contribution in [1.82, 2.24) is 0 Å². The first kappa shape index (κ1) is 12.7. The lowest BCUT2D eigenvalue weighted by Crippen LogP contribution is -2.30. The Bertz CT molecular complexity index is 293. The first-order valence-electron chi connectivity index (χ1n) is 7.18. The summed E-state index contributed by atoms with van der Waals surface area (Å²) in [6.45, 7) is 2.41. The smallest absolute Gasteiger partial charge is 0.309 e. The molecule has 2 aliphatic carbocycles. The Morgan fingerprint density at radius 1 is 1.29 bits per heavy atom. The maximum atomic E-state index is 12.0. The highest BCUT2D eigenvalue weighted by Crippen LogP contribution is 2.39. The Kier molecular flexibility index (Phi) is 4.64. The van der Waals surface area contributed by atoms with Gasteiger partial charge in [0, 0.05) is 0 Å². The van der Waals surface area contributed by atoms with Crippen molar-refractivity contribution in [2.75, 3.05) is 6.61 Å². The molecule has 0 radical (unpaired) electrons. The van der Waals surface area contributed by atoms with E-state index in [2.05, 4.69) is 6.08 Å². The third-order valence-electron chi connectivity index (χ3n) is 4.16. The molecule has 0 N–H and O–H groups in total. The van der Waals surface area contributed by atoms with Gasteiger partial charge in [0.15, 0.2) is 0 Å². The molecule has 0 aromatic carbocycles. The van der Waals surface area contributed by atoms with Crippen LogP contribution in [0.25, 0.3) is 0 Å². The van der Waals surface area contributed by atoms with E-state index in [0.29, 0.717) is 12.5 Å². The van der Waals surface area contributed by atoms with Gasteiger partial charge >= 0.3 is 5.97 Å². The lowest BCUT2D eigenvalue weighted by Gasteiger charge is -2.33. The van der Waals surface area contributed by atoms with Gasteiger partial charge in [0.05, 0.1) is 12.5 Å². The zero-order valence-electron chi connectivity index (χ0n) is 10.9. The quantitative estimate of drug-likeness (QED) is 0.549. The maximum Gasteiger partial charge on any atom is 0.309 e. The molecule has 0 spiro atoms. The SMILES string of the molecule is CCOC(=O)C1CCCCC1C1=CCCCC1. The third-order valence-corrected chi connectivity index (χ3v) is 4.16. The minimum Gasteiger partial charge on any atom is -0.466 e. The van der Waals surface area contributed by atoms with Crippen LogP contribution in [0, 0.1) is 11.8 Å². The van der Waals surface area contributed by atoms with Crippen LogP contribution < -0.4 is 0 Å². The van der Waals surface area contributed by atoms with Crippen LogP contribution >= 0.6 is 0 Å². The number of hydrogen-bond donors (Lipinski definition) is 0. The number of hydrogen-bond acceptors (Lipinski definition) is 2. The van der Waals surface area contributed by atoms with E-state index in [1.165, 1.54) is 44.9 Å². The van der Waals surface area contributed by atoms with Crippen molar-refractivity contribution in [1.29, 1.82) is 0 Å². The first-order valence-corrected chi connectivity index (χ1v) is 7.18. The Morgan fingerprint density at radius 3 is 2.82 bits per heavy atom. The fourth-order valence-electron chi connectivity index (χ4n) is 3.31. The van der Waals surface area contributed by atoms with Crippen LogP contribution in [0.1, 0.15) is 58.3 Å². The van der Waals surface area contributed by atoms with Gasteiger partial charge < -0.3 is 4.74 Å². The fraction of sp³-hybridized carbons (Fsp3) is 0.800. The zero-order chi connectivity index (χ0) is 12.1. The summed E-state index contributed by atoms with van der Waals surface area (Å²) in [5.41, 5.74) is 1.55. The van der Waals surface area contributed by atoms with Gasteiger partial charge in [-0.2, -0.15) is 0 Å². The van der Waals surface area contributed by atoms with Crippen LogP contribution in [0.5, 0.6) is 0 Å². The normalized spacial score (nSPS) is 29.6. The molecule has 96 valence electrons. The second-order valence-electron chi connectivity index (χ2n) is 5.27. The van der Waals surface area contributed by atoms with E-state index in [4.69, 9.17) is 4.74 Å². The largest absolute Gasteiger partial charge is 0.466 e. The average molecular weight is 236 g/mol. The average Bonchev–Trinajstić information content (AvgIpc) is 2.40. The van der Waals surface area contributed by atoms with E-state index in [0.717, 1.165) is 6.42 Å². The molecule has 2 heteroatoms. The van der Waals surface area contributed by atoms with E-state index in [1.807, 2.05) is 6.92 Å². The third kappa shape index (κ3) is 3.11. The highest BCUT2D eigenvalue weighted by atomic mass is 16.5. The number of ether oxygens (including phenoxy) is 1. The van der Waals surface area contributed by atoms with Gasteiger partial charge in [-0.3, -0.25) is 4.79 Å². The molecule has 1 saturated carbocycles. The maximum absolute atomic E-state index is 12.0. The molecule has 2 unspecified atom stereocenters. The molecule has 0 amide bonds. The Hall–Kier alpha value is -0.790. The summed E-state index contributed by atoms with van der Waals surface area (Å²) in [7, 11) is 0. The molecular formula is C15H24O2. The number of allylic oxidation sites excluding steroid dienone is 2. The van der Waals surface area contributed by atoms with Crippen LogP contribution in [0.15, 0.2) is 11.6 Å². The summed E-state index contributed by atoms with van der Waals surface area (Å²) in [4.78, 5) is 12.0. The van der Waals surface area contributed by atoms with Crippen molar-refractivity contribution in [3.63, 3.8) is 0 Å².